The molecule has 2 N–H and O–H groups in total. The van der Waals surface area contributed by atoms with Crippen molar-refractivity contribution >= 4 is 40.2 Å². The molecule has 4 rings (SSSR count). The molecule has 1 aliphatic rings. The van der Waals surface area contributed by atoms with E-state index in [0.29, 0.717) is 55.4 Å². The van der Waals surface area contributed by atoms with Crippen LogP contribution in [0.1, 0.15) is 42.6 Å². The number of amides is 2. The molecular weight excluding hydrogens is 482 g/mol. The van der Waals surface area contributed by atoms with Crippen molar-refractivity contribution in [2.75, 3.05) is 32.1 Å². The average molecular weight is 514 g/mol. The Labute approximate surface area is 215 Å². The molecule has 1 fully saturated rings. The zero-order chi connectivity index (χ0) is 25.7. The summed E-state index contributed by atoms with van der Waals surface area (Å²) >= 11 is 6.30. The van der Waals surface area contributed by atoms with Gasteiger partial charge in [0.15, 0.2) is 0 Å². The van der Waals surface area contributed by atoms with Crippen LogP contribution >= 0.6 is 11.6 Å². The Balaban J connectivity index is 1.53. The molecule has 0 saturated carbocycles. The fraction of sp³-hybridized carbons (Fsp3) is 0.423. The maximum atomic E-state index is 13.4. The van der Waals surface area contributed by atoms with Crippen LogP contribution in [0.5, 0.6) is 5.75 Å². The number of piperidine rings is 1. The molecule has 1 aliphatic heterocycles. The van der Waals surface area contributed by atoms with E-state index in [0.717, 1.165) is 28.7 Å². The standard InChI is InChI=1S/C26H32ClN5O4/c1-4-32-22-8-7-19(25(33)30-18-10-12-31(13-11-18)26(34)36-5-2)24(20(22)16-29-32)28-15-17-6-9-23(35-3)21(27)14-17/h6-9,14,16,18,28H,4-5,10-13,15H2,1-3H3,(H,30,33). The number of fused-ring (bicyclic) bond motifs is 1. The number of hydrogen-bond acceptors (Lipinski definition) is 6. The van der Waals surface area contributed by atoms with Gasteiger partial charge in [0.25, 0.3) is 5.91 Å². The first kappa shape index (κ1) is 25.6. The Bertz CT molecular complexity index is 1240. The Kier molecular flexibility index (Phi) is 8.20. The first-order valence-corrected chi connectivity index (χ1v) is 12.6. The molecule has 0 radical (unpaired) electrons. The number of methoxy groups -OCH3 is 1. The third-order valence-electron chi connectivity index (χ3n) is 6.41. The predicted molar refractivity (Wildman–Crippen MR) is 140 cm³/mol. The Hall–Kier alpha value is -3.46. The highest BCUT2D eigenvalue weighted by Gasteiger charge is 2.26. The number of ether oxygens (including phenoxy) is 2. The summed E-state index contributed by atoms with van der Waals surface area (Å²) in [5.41, 5.74) is 3.18. The average Bonchev–Trinajstić information content (AvgIpc) is 3.31. The van der Waals surface area contributed by atoms with Gasteiger partial charge in [-0.25, -0.2) is 4.79 Å². The number of benzene rings is 2. The van der Waals surface area contributed by atoms with Crippen molar-refractivity contribution in [3.05, 3.63) is 52.7 Å². The normalized spacial score (nSPS) is 14.1. The van der Waals surface area contributed by atoms with Gasteiger partial charge in [0.05, 0.1) is 41.7 Å². The van der Waals surface area contributed by atoms with Crippen molar-refractivity contribution in [1.29, 1.82) is 0 Å². The van der Waals surface area contributed by atoms with Crippen molar-refractivity contribution in [3.63, 3.8) is 0 Å². The quantitative estimate of drug-likeness (QED) is 0.454. The van der Waals surface area contributed by atoms with Crippen LogP contribution in [-0.4, -0.2) is 59.5 Å². The zero-order valence-corrected chi connectivity index (χ0v) is 21.6. The topological polar surface area (TPSA) is 97.7 Å². The molecule has 2 amide bonds. The molecular formula is C26H32ClN5O4. The molecule has 192 valence electrons. The molecule has 1 saturated heterocycles. The van der Waals surface area contributed by atoms with E-state index in [1.54, 1.807) is 25.1 Å². The van der Waals surface area contributed by atoms with Crippen LogP contribution in [0.2, 0.25) is 5.02 Å². The van der Waals surface area contributed by atoms with Crippen LogP contribution < -0.4 is 15.4 Å². The number of halogens is 1. The van der Waals surface area contributed by atoms with Crippen LogP contribution in [0.15, 0.2) is 36.5 Å². The highest BCUT2D eigenvalue weighted by atomic mass is 35.5. The monoisotopic (exact) mass is 513 g/mol. The molecule has 0 atom stereocenters. The van der Waals surface area contributed by atoms with E-state index < -0.39 is 0 Å². The van der Waals surface area contributed by atoms with Crippen LogP contribution in [0, 0.1) is 0 Å². The van der Waals surface area contributed by atoms with Crippen molar-refractivity contribution < 1.29 is 19.1 Å². The summed E-state index contributed by atoms with van der Waals surface area (Å²) in [6, 6.07) is 9.35. The number of aryl methyl sites for hydroxylation is 1. The Morgan fingerprint density at radius 1 is 1.17 bits per heavy atom. The van der Waals surface area contributed by atoms with E-state index in [1.165, 1.54) is 0 Å². The summed E-state index contributed by atoms with van der Waals surface area (Å²) in [5, 5.41) is 12.5. The largest absolute Gasteiger partial charge is 0.495 e. The molecule has 1 aromatic heterocycles. The molecule has 36 heavy (non-hydrogen) atoms. The number of nitrogens with zero attached hydrogens (tertiary/aromatic N) is 3. The summed E-state index contributed by atoms with van der Waals surface area (Å²) in [4.78, 5) is 27.1. The molecule has 0 spiro atoms. The summed E-state index contributed by atoms with van der Waals surface area (Å²) in [5.74, 6) is 0.451. The fourth-order valence-corrected chi connectivity index (χ4v) is 4.76. The van der Waals surface area contributed by atoms with E-state index in [2.05, 4.69) is 15.7 Å². The van der Waals surface area contributed by atoms with Crippen LogP contribution in [0.3, 0.4) is 0 Å². The van der Waals surface area contributed by atoms with E-state index in [4.69, 9.17) is 21.1 Å². The second-order valence-electron chi connectivity index (χ2n) is 8.64. The van der Waals surface area contributed by atoms with Crippen molar-refractivity contribution in [1.82, 2.24) is 20.0 Å². The van der Waals surface area contributed by atoms with Gasteiger partial charge < -0.3 is 25.0 Å². The van der Waals surface area contributed by atoms with Gasteiger partial charge in [-0.3, -0.25) is 9.48 Å². The SMILES string of the molecule is CCOC(=O)N1CCC(NC(=O)c2ccc3c(cnn3CC)c2NCc2ccc(OC)c(Cl)c2)CC1. The van der Waals surface area contributed by atoms with Gasteiger partial charge in [-0.1, -0.05) is 17.7 Å². The van der Waals surface area contributed by atoms with E-state index >= 15 is 0 Å². The van der Waals surface area contributed by atoms with Gasteiger partial charge in [-0.15, -0.1) is 0 Å². The van der Waals surface area contributed by atoms with Crippen molar-refractivity contribution in [3.8, 4) is 5.75 Å². The maximum Gasteiger partial charge on any atom is 0.409 e. The van der Waals surface area contributed by atoms with E-state index in [9.17, 15) is 9.59 Å². The zero-order valence-electron chi connectivity index (χ0n) is 20.8. The second-order valence-corrected chi connectivity index (χ2v) is 9.04. The molecule has 0 aliphatic carbocycles. The lowest BCUT2D eigenvalue weighted by molar-refractivity contribution is 0.0860. The molecule has 0 bridgehead atoms. The number of carbonyl (C=O) groups is 2. The first-order valence-electron chi connectivity index (χ1n) is 12.2. The number of nitrogens with one attached hydrogen (secondary N) is 2. The maximum absolute atomic E-state index is 13.4. The lowest BCUT2D eigenvalue weighted by Gasteiger charge is -2.31. The minimum Gasteiger partial charge on any atom is -0.495 e. The highest BCUT2D eigenvalue weighted by molar-refractivity contribution is 6.32. The first-order chi connectivity index (χ1) is 17.4. The van der Waals surface area contributed by atoms with Crippen LogP contribution in [0.4, 0.5) is 10.5 Å². The second kappa shape index (κ2) is 11.5. The number of carbonyl (C=O) groups excluding carboxylic acids is 2. The summed E-state index contributed by atoms with van der Waals surface area (Å²) in [6.07, 6.45) is 2.84. The molecule has 0 unspecified atom stereocenters. The Morgan fingerprint density at radius 2 is 1.94 bits per heavy atom. The van der Waals surface area contributed by atoms with Gasteiger partial charge >= 0.3 is 6.09 Å². The molecule has 9 nitrogen and oxygen atoms in total. The lowest BCUT2D eigenvalue weighted by atomic mass is 10.0. The summed E-state index contributed by atoms with van der Waals surface area (Å²) < 4.78 is 12.2. The fourth-order valence-electron chi connectivity index (χ4n) is 4.48. The van der Waals surface area contributed by atoms with Crippen LogP contribution in [0.25, 0.3) is 10.9 Å². The Morgan fingerprint density at radius 3 is 2.61 bits per heavy atom. The third kappa shape index (κ3) is 5.51. The molecule has 10 heteroatoms. The highest BCUT2D eigenvalue weighted by Crippen LogP contribution is 2.30. The number of likely N-dealkylation sites (tertiary alicyclic amines) is 1. The van der Waals surface area contributed by atoms with Gasteiger partial charge in [0.2, 0.25) is 0 Å². The molecule has 2 heterocycles. The number of hydrogen-bond donors (Lipinski definition) is 2. The predicted octanol–water partition coefficient (Wildman–Crippen LogP) is 4.68. The minimum absolute atomic E-state index is 0.0227. The number of aromatic nitrogens is 2. The van der Waals surface area contributed by atoms with Crippen molar-refractivity contribution in [2.45, 2.75) is 45.8 Å². The van der Waals surface area contributed by atoms with E-state index in [-0.39, 0.29) is 18.0 Å². The number of anilines is 1. The molecule has 3 aromatic rings. The number of rotatable bonds is 8. The van der Waals surface area contributed by atoms with Gasteiger partial charge in [0.1, 0.15) is 5.75 Å². The van der Waals surface area contributed by atoms with Gasteiger partial charge in [-0.2, -0.15) is 5.10 Å². The minimum atomic E-state index is -0.300. The molecule has 2 aromatic carbocycles. The van der Waals surface area contributed by atoms with Crippen LogP contribution in [-0.2, 0) is 17.8 Å². The van der Waals surface area contributed by atoms with Gasteiger partial charge in [-0.05, 0) is 56.5 Å². The lowest BCUT2D eigenvalue weighted by Crippen LogP contribution is -2.46. The smallest absolute Gasteiger partial charge is 0.409 e. The summed E-state index contributed by atoms with van der Waals surface area (Å²) in [6.45, 7) is 6.47. The van der Waals surface area contributed by atoms with Crippen molar-refractivity contribution in [2.24, 2.45) is 0 Å². The van der Waals surface area contributed by atoms with E-state index in [1.807, 2.05) is 41.9 Å². The third-order valence-corrected chi connectivity index (χ3v) is 6.71. The summed E-state index contributed by atoms with van der Waals surface area (Å²) in [7, 11) is 1.58. The van der Waals surface area contributed by atoms with Gasteiger partial charge in [0, 0.05) is 37.6 Å².